The summed E-state index contributed by atoms with van der Waals surface area (Å²) in [5.41, 5.74) is 1.79. The van der Waals surface area contributed by atoms with Crippen LogP contribution in [-0.4, -0.2) is 23.1 Å². The van der Waals surface area contributed by atoms with Crippen LogP contribution in [0.5, 0.6) is 0 Å². The molecule has 0 saturated heterocycles. The van der Waals surface area contributed by atoms with Crippen molar-refractivity contribution in [1.29, 1.82) is 0 Å². The second-order valence-electron chi connectivity index (χ2n) is 7.00. The Kier molecular flexibility index (Phi) is 8.58. The number of alkyl halides is 1. The molecule has 2 rings (SSSR count). The van der Waals surface area contributed by atoms with Gasteiger partial charge in [0.05, 0.1) is 5.88 Å². The van der Waals surface area contributed by atoms with Crippen molar-refractivity contribution in [2.24, 2.45) is 0 Å². The van der Waals surface area contributed by atoms with E-state index in [-0.39, 0.29) is 23.1 Å². The zero-order chi connectivity index (χ0) is 20.6. The van der Waals surface area contributed by atoms with Crippen LogP contribution in [0.4, 0.5) is 0 Å². The van der Waals surface area contributed by atoms with Gasteiger partial charge >= 0.3 is 0 Å². The molecule has 0 aliphatic heterocycles. The number of carbonyl (C=O) groups excluding carboxylic acids is 2. The molecule has 1 amide bonds. The van der Waals surface area contributed by atoms with Gasteiger partial charge in [-0.15, -0.1) is 11.6 Å². The van der Waals surface area contributed by atoms with E-state index in [0.717, 1.165) is 35.5 Å². The first-order chi connectivity index (χ1) is 13.4. The predicted molar refractivity (Wildman–Crippen MR) is 118 cm³/mol. The highest BCUT2D eigenvalue weighted by Gasteiger charge is 2.26. The van der Waals surface area contributed by atoms with Gasteiger partial charge in [-0.05, 0) is 55.5 Å². The van der Waals surface area contributed by atoms with Crippen LogP contribution in [-0.2, 0) is 11.2 Å². The predicted octanol–water partition coefficient (Wildman–Crippen LogP) is 5.89. The SMILES string of the molecule is CCC(CC)(CCc1ccc(Sc2ccc(C(=O)CCl)cc2)cc1)NC(C)=O. The van der Waals surface area contributed by atoms with E-state index in [1.807, 2.05) is 24.3 Å². The lowest BCUT2D eigenvalue weighted by Gasteiger charge is -2.32. The van der Waals surface area contributed by atoms with Crippen LogP contribution in [0.2, 0.25) is 0 Å². The molecule has 2 aromatic rings. The van der Waals surface area contributed by atoms with Gasteiger partial charge in [-0.1, -0.05) is 49.9 Å². The Morgan fingerprint density at radius 1 is 0.964 bits per heavy atom. The fourth-order valence-corrected chi connectivity index (χ4v) is 4.22. The maximum Gasteiger partial charge on any atom is 0.217 e. The van der Waals surface area contributed by atoms with E-state index < -0.39 is 0 Å². The van der Waals surface area contributed by atoms with Gasteiger partial charge in [0.1, 0.15) is 0 Å². The maximum atomic E-state index is 11.6. The maximum absolute atomic E-state index is 11.6. The first-order valence-corrected chi connectivity index (χ1v) is 11.0. The van der Waals surface area contributed by atoms with Crippen molar-refractivity contribution in [2.75, 3.05) is 5.88 Å². The number of Topliss-reactive ketones (excluding diaryl/α,β-unsaturated/α-hetero) is 1. The number of amides is 1. The Bertz CT molecular complexity index is 783. The molecule has 1 N–H and O–H groups in total. The molecule has 0 aliphatic carbocycles. The van der Waals surface area contributed by atoms with Crippen LogP contribution in [0.1, 0.15) is 56.0 Å². The zero-order valence-corrected chi connectivity index (χ0v) is 18.3. The second kappa shape index (κ2) is 10.7. The van der Waals surface area contributed by atoms with E-state index in [1.54, 1.807) is 18.7 Å². The number of aryl methyl sites for hydroxylation is 1. The Morgan fingerprint density at radius 3 is 1.96 bits per heavy atom. The average Bonchev–Trinajstić information content (AvgIpc) is 2.72. The molecule has 0 bridgehead atoms. The quantitative estimate of drug-likeness (QED) is 0.387. The van der Waals surface area contributed by atoms with Gasteiger partial charge in [0.2, 0.25) is 5.91 Å². The van der Waals surface area contributed by atoms with Crippen LogP contribution in [0.25, 0.3) is 0 Å². The molecule has 0 saturated carbocycles. The van der Waals surface area contributed by atoms with Crippen molar-refractivity contribution in [3.63, 3.8) is 0 Å². The molecule has 0 heterocycles. The second-order valence-corrected chi connectivity index (χ2v) is 8.41. The number of ketones is 1. The van der Waals surface area contributed by atoms with Gasteiger partial charge in [-0.3, -0.25) is 9.59 Å². The van der Waals surface area contributed by atoms with Crippen LogP contribution in [0.15, 0.2) is 58.3 Å². The Morgan fingerprint density at radius 2 is 1.50 bits per heavy atom. The summed E-state index contributed by atoms with van der Waals surface area (Å²) >= 11 is 7.26. The Hall–Kier alpha value is -1.78. The molecule has 0 aliphatic rings. The van der Waals surface area contributed by atoms with Gasteiger partial charge < -0.3 is 5.32 Å². The molecule has 0 spiro atoms. The van der Waals surface area contributed by atoms with Gasteiger partial charge in [0, 0.05) is 27.8 Å². The van der Waals surface area contributed by atoms with E-state index in [1.165, 1.54) is 5.56 Å². The summed E-state index contributed by atoms with van der Waals surface area (Å²) < 4.78 is 0. The molecule has 3 nitrogen and oxygen atoms in total. The fourth-order valence-electron chi connectivity index (χ4n) is 3.25. The number of hydrogen-bond acceptors (Lipinski definition) is 3. The minimum atomic E-state index is -0.124. The van der Waals surface area contributed by atoms with Crippen molar-refractivity contribution >= 4 is 35.1 Å². The summed E-state index contributed by atoms with van der Waals surface area (Å²) in [5.74, 6) is -0.0148. The number of carbonyl (C=O) groups is 2. The lowest BCUT2D eigenvalue weighted by Crippen LogP contribution is -2.47. The highest BCUT2D eigenvalue weighted by molar-refractivity contribution is 7.99. The molecular weight excluding hydrogens is 390 g/mol. The summed E-state index contributed by atoms with van der Waals surface area (Å²) in [7, 11) is 0. The molecular formula is C23H28ClNO2S. The number of rotatable bonds is 10. The molecule has 0 fully saturated rings. The fraction of sp³-hybridized carbons (Fsp3) is 0.391. The normalized spacial score (nSPS) is 11.3. The number of halogens is 1. The van der Waals surface area contributed by atoms with Crippen LogP contribution < -0.4 is 5.32 Å². The number of hydrogen-bond donors (Lipinski definition) is 1. The molecule has 28 heavy (non-hydrogen) atoms. The van der Waals surface area contributed by atoms with E-state index in [2.05, 4.69) is 43.4 Å². The van der Waals surface area contributed by atoms with Gasteiger partial charge in [-0.25, -0.2) is 0 Å². The van der Waals surface area contributed by atoms with Gasteiger partial charge in [0.25, 0.3) is 0 Å². The van der Waals surface area contributed by atoms with E-state index in [4.69, 9.17) is 11.6 Å². The lowest BCUT2D eigenvalue weighted by molar-refractivity contribution is -0.121. The first-order valence-electron chi connectivity index (χ1n) is 9.66. The Balaban J connectivity index is 1.97. The third-order valence-electron chi connectivity index (χ3n) is 5.14. The summed E-state index contributed by atoms with van der Waals surface area (Å²) in [6, 6.07) is 16.1. The largest absolute Gasteiger partial charge is 0.351 e. The Labute approximate surface area is 177 Å². The first kappa shape index (κ1) is 22.5. The third kappa shape index (κ3) is 6.39. The summed E-state index contributed by atoms with van der Waals surface area (Å²) in [6.45, 7) is 5.85. The minimum Gasteiger partial charge on any atom is -0.351 e. The summed E-state index contributed by atoms with van der Waals surface area (Å²) in [6.07, 6.45) is 3.72. The van der Waals surface area contributed by atoms with Crippen molar-refractivity contribution in [3.05, 3.63) is 59.7 Å². The molecule has 0 aromatic heterocycles. The topological polar surface area (TPSA) is 46.2 Å². The van der Waals surface area contributed by atoms with Crippen LogP contribution >= 0.6 is 23.4 Å². The van der Waals surface area contributed by atoms with E-state index in [9.17, 15) is 9.59 Å². The monoisotopic (exact) mass is 417 g/mol. The lowest BCUT2D eigenvalue weighted by atomic mass is 9.86. The molecule has 0 unspecified atom stereocenters. The molecule has 150 valence electrons. The molecule has 2 aromatic carbocycles. The number of nitrogens with one attached hydrogen (secondary N) is 1. The highest BCUT2D eigenvalue weighted by atomic mass is 35.5. The summed E-state index contributed by atoms with van der Waals surface area (Å²) in [4.78, 5) is 25.4. The summed E-state index contributed by atoms with van der Waals surface area (Å²) in [5, 5.41) is 3.15. The van der Waals surface area contributed by atoms with Crippen LogP contribution in [0.3, 0.4) is 0 Å². The third-order valence-corrected chi connectivity index (χ3v) is 6.40. The van der Waals surface area contributed by atoms with Crippen molar-refractivity contribution in [2.45, 2.75) is 61.8 Å². The van der Waals surface area contributed by atoms with E-state index >= 15 is 0 Å². The smallest absolute Gasteiger partial charge is 0.217 e. The minimum absolute atomic E-state index is 0.00718. The molecule has 0 atom stereocenters. The zero-order valence-electron chi connectivity index (χ0n) is 16.8. The molecule has 0 radical (unpaired) electrons. The van der Waals surface area contributed by atoms with Gasteiger partial charge in [-0.2, -0.15) is 0 Å². The molecule has 5 heteroatoms. The number of benzene rings is 2. The average molecular weight is 418 g/mol. The van der Waals surface area contributed by atoms with E-state index in [0.29, 0.717) is 5.56 Å². The van der Waals surface area contributed by atoms with Crippen molar-refractivity contribution < 1.29 is 9.59 Å². The van der Waals surface area contributed by atoms with Crippen molar-refractivity contribution in [3.8, 4) is 0 Å². The van der Waals surface area contributed by atoms with Gasteiger partial charge in [0.15, 0.2) is 5.78 Å². The standard InChI is InChI=1S/C23H28ClNO2S/c1-4-23(5-2,25-17(3)26)15-14-18-6-10-20(11-7-18)28-21-12-8-19(9-13-21)22(27)16-24/h6-13H,4-5,14-16H2,1-3H3,(H,25,26). The van der Waals surface area contributed by atoms with Crippen LogP contribution in [0, 0.1) is 0 Å². The van der Waals surface area contributed by atoms with Crippen molar-refractivity contribution in [1.82, 2.24) is 5.32 Å². The highest BCUT2D eigenvalue weighted by Crippen LogP contribution is 2.29.